The van der Waals surface area contributed by atoms with Crippen molar-refractivity contribution in [1.29, 1.82) is 0 Å². The van der Waals surface area contributed by atoms with Gasteiger partial charge in [-0.2, -0.15) is 0 Å². The van der Waals surface area contributed by atoms with E-state index >= 15 is 0 Å². The molecular formula is C52H39NO. The van der Waals surface area contributed by atoms with E-state index in [2.05, 4.69) is 205 Å². The summed E-state index contributed by atoms with van der Waals surface area (Å²) in [4.78, 5) is 2.46. The molecule has 0 bridgehead atoms. The number of ether oxygens (including phenoxy) is 1. The van der Waals surface area contributed by atoms with Gasteiger partial charge in [-0.15, -0.1) is 0 Å². The van der Waals surface area contributed by atoms with Crippen LogP contribution in [-0.2, 0) is 0 Å². The van der Waals surface area contributed by atoms with Crippen molar-refractivity contribution in [3.8, 4) is 50.3 Å². The van der Waals surface area contributed by atoms with Crippen molar-refractivity contribution in [2.45, 2.75) is 24.9 Å². The van der Waals surface area contributed by atoms with Gasteiger partial charge in [0.05, 0.1) is 11.4 Å². The third kappa shape index (κ3) is 5.87. The second kappa shape index (κ2) is 13.7. The van der Waals surface area contributed by atoms with Gasteiger partial charge in [-0.1, -0.05) is 164 Å². The van der Waals surface area contributed by atoms with Gasteiger partial charge >= 0.3 is 0 Å². The van der Waals surface area contributed by atoms with E-state index < -0.39 is 0 Å². The van der Waals surface area contributed by atoms with E-state index in [0.717, 1.165) is 52.3 Å². The maximum absolute atomic E-state index is 6.54. The second-order valence-electron chi connectivity index (χ2n) is 14.4. The molecular weight excluding hydrogens is 655 g/mol. The molecule has 1 heterocycles. The van der Waals surface area contributed by atoms with Crippen LogP contribution in [0.4, 0.5) is 17.1 Å². The lowest BCUT2D eigenvalue weighted by Gasteiger charge is -2.31. The monoisotopic (exact) mass is 693 g/mol. The highest BCUT2D eigenvalue weighted by molar-refractivity contribution is 5.96. The van der Waals surface area contributed by atoms with E-state index in [1.54, 1.807) is 0 Å². The minimum absolute atomic E-state index is 0.239. The van der Waals surface area contributed by atoms with E-state index in [1.807, 2.05) is 0 Å². The Hall–Kier alpha value is -6.64. The maximum atomic E-state index is 6.54. The van der Waals surface area contributed by atoms with Gasteiger partial charge in [0.25, 0.3) is 0 Å². The Bertz CT molecular complexity index is 2660. The Kier molecular flexibility index (Phi) is 8.15. The van der Waals surface area contributed by atoms with Crippen LogP contribution in [0.1, 0.15) is 24.3 Å². The van der Waals surface area contributed by atoms with Gasteiger partial charge in [0.1, 0.15) is 11.9 Å². The highest BCUT2D eigenvalue weighted by Gasteiger charge is 2.34. The molecule has 258 valence electrons. The van der Waals surface area contributed by atoms with Crippen LogP contribution < -0.4 is 9.64 Å². The standard InChI is InChI=1S/C52H39NO/c1-3-15-37(16-4-1)45-22-9-11-24-49(45)53(44-21-13-20-40(33-44)43-29-31-48-47-23-10-12-25-51(47)54-52(48)35-43)50-34-42(28-30-46(50)38-17-5-2-6-18-38)41-27-26-36-14-7-8-19-39(36)32-41/h1-11,13-24,26-35,47,51H,12,25H2. The molecule has 8 aromatic rings. The summed E-state index contributed by atoms with van der Waals surface area (Å²) in [7, 11) is 0. The normalized spacial score (nSPS) is 15.7. The molecule has 0 fully saturated rings. The lowest BCUT2D eigenvalue weighted by molar-refractivity contribution is 0.204. The summed E-state index contributed by atoms with van der Waals surface area (Å²) < 4.78 is 6.54. The van der Waals surface area contributed by atoms with E-state index in [4.69, 9.17) is 4.74 Å². The van der Waals surface area contributed by atoms with Gasteiger partial charge in [0.15, 0.2) is 0 Å². The van der Waals surface area contributed by atoms with Crippen molar-refractivity contribution >= 4 is 27.8 Å². The molecule has 0 amide bonds. The zero-order chi connectivity index (χ0) is 35.8. The fourth-order valence-corrected chi connectivity index (χ4v) is 8.39. The SMILES string of the molecule is C1=CC2c3ccc(-c4cccc(N(c5ccccc5-c5ccccc5)c5cc(-c6ccc7ccccc7c6)ccc5-c5ccccc5)c4)cc3OC2CC1. The first-order chi connectivity index (χ1) is 26.8. The molecule has 2 nitrogen and oxygen atoms in total. The van der Waals surface area contributed by atoms with Gasteiger partial charge in [-0.3, -0.25) is 0 Å². The topological polar surface area (TPSA) is 12.5 Å². The summed E-state index contributed by atoms with van der Waals surface area (Å²) >= 11 is 0. The van der Waals surface area contributed by atoms with Crippen LogP contribution in [0.25, 0.3) is 55.3 Å². The summed E-state index contributed by atoms with van der Waals surface area (Å²) in [5, 5.41) is 2.47. The van der Waals surface area contributed by atoms with Crippen molar-refractivity contribution in [2.24, 2.45) is 0 Å². The first kappa shape index (κ1) is 32.0. The van der Waals surface area contributed by atoms with Gasteiger partial charge in [0, 0.05) is 28.3 Å². The highest BCUT2D eigenvalue weighted by atomic mass is 16.5. The lowest BCUT2D eigenvalue weighted by atomic mass is 9.88. The van der Waals surface area contributed by atoms with Crippen LogP contribution >= 0.6 is 0 Å². The molecule has 2 heteroatoms. The van der Waals surface area contributed by atoms with Crippen molar-refractivity contribution in [3.63, 3.8) is 0 Å². The van der Waals surface area contributed by atoms with Gasteiger partial charge in [0.2, 0.25) is 0 Å². The zero-order valence-corrected chi connectivity index (χ0v) is 30.0. The summed E-state index contributed by atoms with van der Waals surface area (Å²) in [5.74, 6) is 1.37. The first-order valence-electron chi connectivity index (χ1n) is 19.0. The van der Waals surface area contributed by atoms with Crippen LogP contribution in [0, 0.1) is 0 Å². The number of para-hydroxylation sites is 1. The highest BCUT2D eigenvalue weighted by Crippen LogP contribution is 2.48. The van der Waals surface area contributed by atoms with Crippen LogP contribution in [0.2, 0.25) is 0 Å². The summed E-state index contributed by atoms with van der Waals surface area (Å²) in [6.07, 6.45) is 7.02. The Morgan fingerprint density at radius 2 is 1.07 bits per heavy atom. The molecule has 10 rings (SSSR count). The summed E-state index contributed by atoms with van der Waals surface area (Å²) in [6, 6.07) is 68.4. The number of fused-ring (bicyclic) bond motifs is 4. The van der Waals surface area contributed by atoms with Crippen molar-refractivity contribution in [1.82, 2.24) is 0 Å². The molecule has 0 N–H and O–H groups in total. The molecule has 0 radical (unpaired) electrons. The molecule has 0 aromatic heterocycles. The minimum atomic E-state index is 0.239. The number of anilines is 3. The summed E-state index contributed by atoms with van der Waals surface area (Å²) in [5.41, 5.74) is 13.9. The molecule has 0 spiro atoms. The Morgan fingerprint density at radius 3 is 1.91 bits per heavy atom. The molecule has 1 aliphatic heterocycles. The Morgan fingerprint density at radius 1 is 0.444 bits per heavy atom. The average molecular weight is 694 g/mol. The minimum Gasteiger partial charge on any atom is -0.489 e. The van der Waals surface area contributed by atoms with E-state index in [1.165, 1.54) is 44.2 Å². The quantitative estimate of drug-likeness (QED) is 0.154. The van der Waals surface area contributed by atoms with Crippen LogP contribution in [0.3, 0.4) is 0 Å². The van der Waals surface area contributed by atoms with E-state index in [0.29, 0.717) is 5.92 Å². The number of hydrogen-bond donors (Lipinski definition) is 0. The average Bonchev–Trinajstić information content (AvgIpc) is 3.63. The Balaban J connectivity index is 1.18. The molecule has 2 atom stereocenters. The van der Waals surface area contributed by atoms with Gasteiger partial charge in [-0.05, 0) is 93.4 Å². The lowest BCUT2D eigenvalue weighted by Crippen LogP contribution is -2.19. The fraction of sp³-hybridized carbons (Fsp3) is 0.0769. The second-order valence-corrected chi connectivity index (χ2v) is 14.4. The van der Waals surface area contributed by atoms with Gasteiger partial charge in [-0.25, -0.2) is 0 Å². The van der Waals surface area contributed by atoms with Crippen LogP contribution in [0.15, 0.2) is 200 Å². The maximum Gasteiger partial charge on any atom is 0.124 e. The van der Waals surface area contributed by atoms with E-state index in [-0.39, 0.29) is 6.10 Å². The van der Waals surface area contributed by atoms with Crippen molar-refractivity contribution in [2.75, 3.05) is 4.90 Å². The van der Waals surface area contributed by atoms with Crippen LogP contribution in [0.5, 0.6) is 5.75 Å². The predicted molar refractivity (Wildman–Crippen MR) is 226 cm³/mol. The molecule has 2 unspecified atom stereocenters. The number of rotatable bonds is 7. The molecule has 2 aliphatic rings. The third-order valence-electron chi connectivity index (χ3n) is 11.1. The molecule has 8 aromatic carbocycles. The number of hydrogen-bond acceptors (Lipinski definition) is 2. The first-order valence-corrected chi connectivity index (χ1v) is 19.0. The number of allylic oxidation sites excluding steroid dienone is 1. The third-order valence-corrected chi connectivity index (χ3v) is 11.1. The fourth-order valence-electron chi connectivity index (χ4n) is 8.39. The van der Waals surface area contributed by atoms with Gasteiger partial charge < -0.3 is 9.64 Å². The largest absolute Gasteiger partial charge is 0.489 e. The number of nitrogens with zero attached hydrogens (tertiary/aromatic N) is 1. The van der Waals surface area contributed by atoms with Crippen molar-refractivity contribution in [3.05, 3.63) is 206 Å². The van der Waals surface area contributed by atoms with Crippen molar-refractivity contribution < 1.29 is 4.74 Å². The molecule has 54 heavy (non-hydrogen) atoms. The van der Waals surface area contributed by atoms with Crippen LogP contribution in [-0.4, -0.2) is 6.10 Å². The molecule has 0 saturated carbocycles. The zero-order valence-electron chi connectivity index (χ0n) is 30.0. The van der Waals surface area contributed by atoms with E-state index in [9.17, 15) is 0 Å². The molecule has 0 saturated heterocycles. The Labute approximate surface area is 317 Å². The predicted octanol–water partition coefficient (Wildman–Crippen LogP) is 14.2. The number of benzene rings is 8. The smallest absolute Gasteiger partial charge is 0.124 e. The summed E-state index contributed by atoms with van der Waals surface area (Å²) in [6.45, 7) is 0. The molecule has 1 aliphatic carbocycles.